The molecule has 0 unspecified atom stereocenters. The minimum absolute atomic E-state index is 0.132. The highest BCUT2D eigenvalue weighted by atomic mass is 32.1. The SMILES string of the molecule is COc1c(F)c(F)c(C(=O)NC(=S)Nc2cc([N+](=O)[O-])ccc2C)c(F)c1F. The molecule has 2 aromatic carbocycles. The number of hydrogen-bond acceptors (Lipinski definition) is 5. The first-order chi connectivity index (χ1) is 13.1. The number of nitrogens with zero attached hydrogens (tertiary/aromatic N) is 1. The number of carbonyl (C=O) groups excluding carboxylic acids is 1. The molecule has 0 heterocycles. The average molecular weight is 417 g/mol. The summed E-state index contributed by atoms with van der Waals surface area (Å²) < 4.78 is 59.6. The second kappa shape index (κ2) is 8.17. The summed E-state index contributed by atoms with van der Waals surface area (Å²) in [7, 11) is 0.792. The summed E-state index contributed by atoms with van der Waals surface area (Å²) in [5.41, 5.74) is -1.19. The number of non-ortho nitro benzene ring substituents is 1. The Morgan fingerprint density at radius 2 is 1.71 bits per heavy atom. The molecule has 0 aliphatic rings. The number of ether oxygens (including phenoxy) is 1. The number of carbonyl (C=O) groups is 1. The van der Waals surface area contributed by atoms with Crippen LogP contribution >= 0.6 is 12.2 Å². The largest absolute Gasteiger partial charge is 0.491 e. The Labute approximate surface area is 160 Å². The van der Waals surface area contributed by atoms with E-state index in [1.54, 1.807) is 6.92 Å². The molecule has 0 saturated heterocycles. The van der Waals surface area contributed by atoms with Gasteiger partial charge in [0.15, 0.2) is 22.5 Å². The Kier molecular flexibility index (Phi) is 6.13. The lowest BCUT2D eigenvalue weighted by atomic mass is 10.1. The van der Waals surface area contributed by atoms with E-state index < -0.39 is 50.5 Å². The summed E-state index contributed by atoms with van der Waals surface area (Å²) >= 11 is 4.81. The number of methoxy groups -OCH3 is 1. The molecule has 0 radical (unpaired) electrons. The van der Waals surface area contributed by atoms with Crippen LogP contribution in [0.5, 0.6) is 5.75 Å². The number of benzene rings is 2. The first kappa shape index (κ1) is 21.0. The second-order valence-corrected chi connectivity index (χ2v) is 5.74. The van der Waals surface area contributed by atoms with E-state index in [0.717, 1.165) is 13.2 Å². The van der Waals surface area contributed by atoms with Crippen molar-refractivity contribution in [2.24, 2.45) is 0 Å². The summed E-state index contributed by atoms with van der Waals surface area (Å²) in [5, 5.41) is 14.6. The molecule has 0 saturated carbocycles. The third-order valence-electron chi connectivity index (χ3n) is 3.56. The molecule has 0 fully saturated rings. The molecule has 0 aliphatic carbocycles. The van der Waals surface area contributed by atoms with Gasteiger partial charge in [-0.25, -0.2) is 8.78 Å². The van der Waals surface area contributed by atoms with Gasteiger partial charge in [0.05, 0.1) is 12.0 Å². The Morgan fingerprint density at radius 1 is 1.14 bits per heavy atom. The van der Waals surface area contributed by atoms with E-state index in [9.17, 15) is 32.5 Å². The number of aryl methyl sites for hydroxylation is 1. The van der Waals surface area contributed by atoms with Crippen molar-refractivity contribution in [1.29, 1.82) is 0 Å². The molecule has 0 atom stereocenters. The van der Waals surface area contributed by atoms with E-state index in [4.69, 9.17) is 12.2 Å². The number of hydrogen-bond donors (Lipinski definition) is 2. The Hall–Kier alpha value is -3.28. The third kappa shape index (κ3) is 4.01. The van der Waals surface area contributed by atoms with Gasteiger partial charge in [-0.05, 0) is 24.7 Å². The zero-order valence-electron chi connectivity index (χ0n) is 14.2. The van der Waals surface area contributed by atoms with E-state index >= 15 is 0 Å². The summed E-state index contributed by atoms with van der Waals surface area (Å²) in [5.74, 6) is -10.6. The van der Waals surface area contributed by atoms with Gasteiger partial charge < -0.3 is 10.1 Å². The van der Waals surface area contributed by atoms with E-state index in [0.29, 0.717) is 5.56 Å². The topological polar surface area (TPSA) is 93.5 Å². The molecule has 12 heteroatoms. The van der Waals surface area contributed by atoms with Crippen molar-refractivity contribution in [3.8, 4) is 5.75 Å². The lowest BCUT2D eigenvalue weighted by Gasteiger charge is -2.13. The highest BCUT2D eigenvalue weighted by Crippen LogP contribution is 2.29. The van der Waals surface area contributed by atoms with Crippen LogP contribution in [0, 0.1) is 40.3 Å². The number of rotatable bonds is 4. The number of nitro benzene ring substituents is 1. The summed E-state index contributed by atoms with van der Waals surface area (Å²) in [6.07, 6.45) is 0. The van der Waals surface area contributed by atoms with Crippen LogP contribution in [0.1, 0.15) is 15.9 Å². The van der Waals surface area contributed by atoms with E-state index in [2.05, 4.69) is 10.1 Å². The van der Waals surface area contributed by atoms with Gasteiger partial charge in [-0.2, -0.15) is 8.78 Å². The van der Waals surface area contributed by atoms with Crippen LogP contribution in [0.15, 0.2) is 18.2 Å². The number of nitro groups is 1. The Morgan fingerprint density at radius 3 is 2.21 bits per heavy atom. The predicted molar refractivity (Wildman–Crippen MR) is 94.3 cm³/mol. The molecule has 28 heavy (non-hydrogen) atoms. The molecule has 2 N–H and O–H groups in total. The van der Waals surface area contributed by atoms with Crippen molar-refractivity contribution in [2.75, 3.05) is 12.4 Å². The number of nitrogens with one attached hydrogen (secondary N) is 2. The molecule has 0 bridgehead atoms. The van der Waals surface area contributed by atoms with Gasteiger partial charge in [0.2, 0.25) is 11.6 Å². The number of halogens is 4. The predicted octanol–water partition coefficient (Wildman–Crippen LogP) is 3.60. The fourth-order valence-corrected chi connectivity index (χ4v) is 2.37. The summed E-state index contributed by atoms with van der Waals surface area (Å²) in [4.78, 5) is 22.2. The summed E-state index contributed by atoms with van der Waals surface area (Å²) in [6.45, 7) is 1.57. The second-order valence-electron chi connectivity index (χ2n) is 5.33. The standard InChI is InChI=1S/C16H11F4N3O4S/c1-6-3-4-7(23(25)26)5-8(6)21-16(28)22-15(24)9-10(17)12(19)14(27-2)13(20)11(9)18/h3-5H,1-2H3,(H2,21,22,24,28). The van der Waals surface area contributed by atoms with Crippen LogP contribution in [0.25, 0.3) is 0 Å². The fraction of sp³-hybridized carbons (Fsp3) is 0.125. The van der Waals surface area contributed by atoms with Gasteiger partial charge in [0.25, 0.3) is 11.6 Å². The maximum atomic E-state index is 14.0. The van der Waals surface area contributed by atoms with Gasteiger partial charge in [-0.15, -0.1) is 0 Å². The Bertz CT molecular complexity index is 971. The number of anilines is 1. The minimum atomic E-state index is -1.97. The molecule has 148 valence electrons. The van der Waals surface area contributed by atoms with Crippen LogP contribution < -0.4 is 15.4 Å². The van der Waals surface area contributed by atoms with E-state index in [-0.39, 0.29) is 11.4 Å². The molecule has 2 rings (SSSR count). The number of thiocarbonyl (C=S) groups is 1. The van der Waals surface area contributed by atoms with Gasteiger partial charge in [0.1, 0.15) is 5.56 Å². The molecule has 7 nitrogen and oxygen atoms in total. The van der Waals surface area contributed by atoms with Crippen LogP contribution in [0.4, 0.5) is 28.9 Å². The molecular weight excluding hydrogens is 406 g/mol. The van der Waals surface area contributed by atoms with Gasteiger partial charge in [-0.3, -0.25) is 20.2 Å². The lowest BCUT2D eigenvalue weighted by molar-refractivity contribution is -0.384. The Balaban J connectivity index is 2.28. The normalized spacial score (nSPS) is 10.4. The smallest absolute Gasteiger partial charge is 0.271 e. The minimum Gasteiger partial charge on any atom is -0.491 e. The fourth-order valence-electron chi connectivity index (χ4n) is 2.17. The quantitative estimate of drug-likeness (QED) is 0.260. The van der Waals surface area contributed by atoms with Crippen molar-refractivity contribution < 1.29 is 32.0 Å². The molecule has 0 spiro atoms. The molecule has 0 aromatic heterocycles. The first-order valence-corrected chi connectivity index (χ1v) is 7.76. The molecular formula is C16H11F4N3O4S. The van der Waals surface area contributed by atoms with Crippen LogP contribution in [0.2, 0.25) is 0 Å². The maximum absolute atomic E-state index is 14.0. The highest BCUT2D eigenvalue weighted by Gasteiger charge is 2.30. The first-order valence-electron chi connectivity index (χ1n) is 7.35. The molecule has 0 aliphatic heterocycles. The third-order valence-corrected chi connectivity index (χ3v) is 3.77. The molecule has 1 amide bonds. The van der Waals surface area contributed by atoms with E-state index in [1.165, 1.54) is 12.1 Å². The lowest BCUT2D eigenvalue weighted by Crippen LogP contribution is -2.35. The maximum Gasteiger partial charge on any atom is 0.271 e. The summed E-state index contributed by atoms with van der Waals surface area (Å²) in [6, 6.07) is 3.75. The van der Waals surface area contributed by atoms with Crippen molar-refractivity contribution in [2.45, 2.75) is 6.92 Å². The number of amides is 1. The van der Waals surface area contributed by atoms with E-state index in [1.807, 2.05) is 5.32 Å². The van der Waals surface area contributed by atoms with Crippen LogP contribution in [-0.2, 0) is 0 Å². The zero-order valence-corrected chi connectivity index (χ0v) is 15.0. The van der Waals surface area contributed by atoms with Crippen molar-refractivity contribution in [3.63, 3.8) is 0 Å². The van der Waals surface area contributed by atoms with Crippen LogP contribution in [0.3, 0.4) is 0 Å². The van der Waals surface area contributed by atoms with Gasteiger partial charge in [-0.1, -0.05) is 6.07 Å². The van der Waals surface area contributed by atoms with Crippen LogP contribution in [-0.4, -0.2) is 23.1 Å². The van der Waals surface area contributed by atoms with Crippen molar-refractivity contribution >= 4 is 34.6 Å². The highest BCUT2D eigenvalue weighted by molar-refractivity contribution is 7.80. The van der Waals surface area contributed by atoms with Crippen molar-refractivity contribution in [1.82, 2.24) is 5.32 Å². The van der Waals surface area contributed by atoms with Crippen molar-refractivity contribution in [3.05, 3.63) is 62.7 Å². The van der Waals surface area contributed by atoms with Gasteiger partial charge >= 0.3 is 0 Å². The molecule has 2 aromatic rings. The zero-order chi connectivity index (χ0) is 21.2. The monoisotopic (exact) mass is 417 g/mol. The average Bonchev–Trinajstić information content (AvgIpc) is 2.62. The van der Waals surface area contributed by atoms with Gasteiger partial charge in [0, 0.05) is 17.8 Å².